The van der Waals surface area contributed by atoms with Crippen LogP contribution in [0.4, 0.5) is 0 Å². The molecular formula is C25H30N2O3. The minimum Gasteiger partial charge on any atom is -0.507 e. The number of phenolic OH excluding ortho intramolecular Hbond substituents is 1. The maximum Gasteiger partial charge on any atom is 0.336 e. The number of benzene rings is 1. The van der Waals surface area contributed by atoms with Crippen LogP contribution in [0, 0.1) is 11.8 Å². The van der Waals surface area contributed by atoms with Crippen LogP contribution in [-0.4, -0.2) is 46.6 Å². The van der Waals surface area contributed by atoms with E-state index in [-0.39, 0.29) is 11.4 Å². The van der Waals surface area contributed by atoms with Crippen LogP contribution in [0.1, 0.15) is 44.1 Å². The number of phenols is 1. The van der Waals surface area contributed by atoms with Crippen LogP contribution in [0.2, 0.25) is 0 Å². The molecule has 158 valence electrons. The first kappa shape index (κ1) is 18.6. The molecule has 4 heterocycles. The molecule has 5 heteroatoms. The molecular weight excluding hydrogens is 376 g/mol. The minimum atomic E-state index is -0.363. The number of piperidine rings is 3. The molecule has 30 heavy (non-hydrogen) atoms. The average molecular weight is 407 g/mol. The fourth-order valence-corrected chi connectivity index (χ4v) is 6.80. The maximum absolute atomic E-state index is 11.9. The van der Waals surface area contributed by atoms with Gasteiger partial charge in [-0.1, -0.05) is 18.1 Å². The van der Waals surface area contributed by atoms with Crippen molar-refractivity contribution < 1.29 is 9.52 Å². The second-order valence-corrected chi connectivity index (χ2v) is 9.71. The van der Waals surface area contributed by atoms with E-state index in [1.54, 1.807) is 17.7 Å². The van der Waals surface area contributed by atoms with Crippen molar-refractivity contribution in [3.05, 3.63) is 51.9 Å². The van der Waals surface area contributed by atoms with E-state index in [9.17, 15) is 9.90 Å². The zero-order chi connectivity index (χ0) is 20.2. The van der Waals surface area contributed by atoms with Crippen LogP contribution in [0.25, 0.3) is 11.0 Å². The molecule has 0 spiro atoms. The maximum atomic E-state index is 11.9. The van der Waals surface area contributed by atoms with Gasteiger partial charge in [0.1, 0.15) is 11.3 Å². The zero-order valence-electron chi connectivity index (χ0n) is 17.4. The normalized spacial score (nSPS) is 31.8. The summed E-state index contributed by atoms with van der Waals surface area (Å²) >= 11 is 0. The van der Waals surface area contributed by atoms with E-state index in [1.165, 1.54) is 51.3 Å². The lowest BCUT2D eigenvalue weighted by Crippen LogP contribution is -2.59. The lowest BCUT2D eigenvalue weighted by atomic mass is 9.68. The summed E-state index contributed by atoms with van der Waals surface area (Å²) in [6.07, 6.45) is 10.4. The van der Waals surface area contributed by atoms with Crippen LogP contribution in [0.15, 0.2) is 45.1 Å². The van der Waals surface area contributed by atoms with E-state index in [2.05, 4.69) is 15.9 Å². The van der Waals surface area contributed by atoms with Gasteiger partial charge in [0.2, 0.25) is 0 Å². The Bertz CT molecular complexity index is 1060. The molecule has 6 rings (SSSR count). The first-order valence-electron chi connectivity index (χ1n) is 11.6. The first-order valence-corrected chi connectivity index (χ1v) is 11.6. The van der Waals surface area contributed by atoms with Crippen LogP contribution in [0.3, 0.4) is 0 Å². The predicted molar refractivity (Wildman–Crippen MR) is 116 cm³/mol. The summed E-state index contributed by atoms with van der Waals surface area (Å²) in [5.74, 6) is 1.61. The van der Waals surface area contributed by atoms with Crippen molar-refractivity contribution >= 4 is 11.0 Å². The summed E-state index contributed by atoms with van der Waals surface area (Å²) in [5.41, 5.74) is 2.54. The highest BCUT2D eigenvalue weighted by molar-refractivity contribution is 5.81. The number of rotatable bonds is 2. The minimum absolute atomic E-state index is 0.223. The van der Waals surface area contributed by atoms with Gasteiger partial charge < -0.3 is 9.52 Å². The number of hydrogen-bond donors (Lipinski definition) is 1. The average Bonchev–Trinajstić information content (AvgIpc) is 2.76. The lowest BCUT2D eigenvalue weighted by Gasteiger charge is -2.54. The van der Waals surface area contributed by atoms with E-state index in [0.29, 0.717) is 24.1 Å². The van der Waals surface area contributed by atoms with Gasteiger partial charge in [0.05, 0.1) is 5.56 Å². The number of aromatic hydroxyl groups is 1. The molecule has 1 N–H and O–H groups in total. The number of hydrogen-bond acceptors (Lipinski definition) is 5. The number of likely N-dealkylation sites (tertiary alicyclic amines) is 1. The van der Waals surface area contributed by atoms with Gasteiger partial charge >= 0.3 is 5.63 Å². The Hall–Kier alpha value is -2.11. The summed E-state index contributed by atoms with van der Waals surface area (Å²) in [6, 6.07) is 7.99. The molecule has 2 aromatic rings. The molecule has 3 fully saturated rings. The highest BCUT2D eigenvalue weighted by Gasteiger charge is 2.45. The van der Waals surface area contributed by atoms with Crippen molar-refractivity contribution in [2.75, 3.05) is 19.6 Å². The van der Waals surface area contributed by atoms with Crippen LogP contribution in [-0.2, 0) is 6.54 Å². The Kier molecular flexibility index (Phi) is 4.50. The van der Waals surface area contributed by atoms with E-state index >= 15 is 0 Å². The molecule has 5 nitrogen and oxygen atoms in total. The first-order chi connectivity index (χ1) is 14.7. The zero-order valence-corrected chi connectivity index (χ0v) is 17.4. The summed E-state index contributed by atoms with van der Waals surface area (Å²) in [5, 5.41) is 11.5. The number of fused-ring (bicyclic) bond motifs is 7. The Balaban J connectivity index is 1.36. The van der Waals surface area contributed by atoms with Crippen LogP contribution in [0.5, 0.6) is 5.75 Å². The van der Waals surface area contributed by atoms with Crippen molar-refractivity contribution in [1.82, 2.24) is 9.80 Å². The summed E-state index contributed by atoms with van der Waals surface area (Å²) < 4.78 is 5.54. The summed E-state index contributed by atoms with van der Waals surface area (Å²) in [7, 11) is 0. The third-order valence-electron chi connectivity index (χ3n) is 7.99. The SMILES string of the molecule is O=c1ccc2ccc(O)c(CN3CCCC4=C[C@H]5C[C@H](CN6CCCCC56)C43)c2o1. The van der Waals surface area contributed by atoms with Crippen molar-refractivity contribution in [2.24, 2.45) is 11.8 Å². The van der Waals surface area contributed by atoms with Gasteiger partial charge in [-0.3, -0.25) is 9.80 Å². The molecule has 3 aliphatic heterocycles. The van der Waals surface area contributed by atoms with Crippen molar-refractivity contribution in [1.29, 1.82) is 0 Å². The second kappa shape index (κ2) is 7.24. The predicted octanol–water partition coefficient (Wildman–Crippen LogP) is 3.89. The Morgan fingerprint density at radius 2 is 2.00 bits per heavy atom. The molecule has 4 atom stereocenters. The molecule has 2 bridgehead atoms. The Morgan fingerprint density at radius 3 is 2.93 bits per heavy atom. The molecule has 0 saturated carbocycles. The second-order valence-electron chi connectivity index (χ2n) is 9.71. The highest BCUT2D eigenvalue weighted by atomic mass is 16.4. The molecule has 1 aromatic heterocycles. The third-order valence-corrected chi connectivity index (χ3v) is 7.99. The third kappa shape index (κ3) is 3.02. The summed E-state index contributed by atoms with van der Waals surface area (Å²) in [4.78, 5) is 17.2. The van der Waals surface area contributed by atoms with Crippen molar-refractivity contribution in [2.45, 2.75) is 57.2 Å². The topological polar surface area (TPSA) is 56.9 Å². The molecule has 4 aliphatic rings. The Labute approximate surface area is 177 Å². The van der Waals surface area contributed by atoms with E-state index in [1.807, 2.05) is 6.07 Å². The van der Waals surface area contributed by atoms with Gasteiger partial charge in [0, 0.05) is 36.6 Å². The molecule has 0 radical (unpaired) electrons. The molecule has 0 amide bonds. The fraction of sp³-hybridized carbons (Fsp3) is 0.560. The van der Waals surface area contributed by atoms with Gasteiger partial charge in [-0.05, 0) is 75.2 Å². The van der Waals surface area contributed by atoms with Gasteiger partial charge in [-0.15, -0.1) is 0 Å². The fourth-order valence-electron chi connectivity index (χ4n) is 6.80. The molecule has 1 aromatic carbocycles. The molecule has 3 saturated heterocycles. The van der Waals surface area contributed by atoms with Crippen LogP contribution < -0.4 is 5.63 Å². The summed E-state index contributed by atoms with van der Waals surface area (Å²) in [6.45, 7) is 4.11. The Morgan fingerprint density at radius 1 is 1.10 bits per heavy atom. The quantitative estimate of drug-likeness (QED) is 0.606. The number of nitrogens with zero attached hydrogens (tertiary/aromatic N) is 2. The monoisotopic (exact) mass is 406 g/mol. The largest absolute Gasteiger partial charge is 0.507 e. The highest BCUT2D eigenvalue weighted by Crippen LogP contribution is 2.45. The van der Waals surface area contributed by atoms with Gasteiger partial charge in [-0.2, -0.15) is 0 Å². The van der Waals surface area contributed by atoms with Gasteiger partial charge in [-0.25, -0.2) is 4.79 Å². The van der Waals surface area contributed by atoms with E-state index in [0.717, 1.165) is 35.9 Å². The van der Waals surface area contributed by atoms with Crippen molar-refractivity contribution in [3.63, 3.8) is 0 Å². The molecule has 2 unspecified atom stereocenters. The lowest BCUT2D eigenvalue weighted by molar-refractivity contribution is -0.00274. The van der Waals surface area contributed by atoms with E-state index in [4.69, 9.17) is 4.42 Å². The smallest absolute Gasteiger partial charge is 0.336 e. The molecule has 1 aliphatic carbocycles. The van der Waals surface area contributed by atoms with Crippen LogP contribution >= 0.6 is 0 Å². The van der Waals surface area contributed by atoms with Crippen molar-refractivity contribution in [3.8, 4) is 5.75 Å². The van der Waals surface area contributed by atoms with E-state index < -0.39 is 0 Å². The van der Waals surface area contributed by atoms with Gasteiger partial charge in [0.15, 0.2) is 0 Å². The van der Waals surface area contributed by atoms with Gasteiger partial charge in [0.25, 0.3) is 0 Å². The standard InChI is InChI=1S/C25H30N2O3/c28-22-8-6-16-7-9-23(29)30-25(16)20(22)15-27-11-3-4-17-12-18-13-19(24(17)27)14-26-10-2-1-5-21(18)26/h6-9,12,18-19,21,24,28H,1-5,10-11,13-15H2/t18-,19+,21?,24?/m0/s1.